The van der Waals surface area contributed by atoms with Gasteiger partial charge in [0, 0.05) is 12.2 Å². The molecule has 1 aromatic carbocycles. The summed E-state index contributed by atoms with van der Waals surface area (Å²) in [6, 6.07) is 3.79. The number of carbonyl (C=O) groups is 2. The molecule has 0 radical (unpaired) electrons. The van der Waals surface area contributed by atoms with Crippen molar-refractivity contribution < 1.29 is 9.59 Å². The summed E-state index contributed by atoms with van der Waals surface area (Å²) < 4.78 is 0. The van der Waals surface area contributed by atoms with Crippen molar-refractivity contribution in [2.45, 2.75) is 59.3 Å². The maximum absolute atomic E-state index is 12.1. The molecule has 25 heavy (non-hydrogen) atoms. The van der Waals surface area contributed by atoms with E-state index in [-0.39, 0.29) is 18.5 Å². The van der Waals surface area contributed by atoms with Gasteiger partial charge in [-0.25, -0.2) is 4.79 Å². The summed E-state index contributed by atoms with van der Waals surface area (Å²) in [5.41, 5.74) is 4.06. The van der Waals surface area contributed by atoms with Crippen LogP contribution in [0.15, 0.2) is 12.1 Å². The van der Waals surface area contributed by atoms with Gasteiger partial charge in [0.2, 0.25) is 5.91 Å². The monoisotopic (exact) mass is 345 g/mol. The lowest BCUT2D eigenvalue weighted by Crippen LogP contribution is -2.40. The summed E-state index contributed by atoms with van der Waals surface area (Å²) in [7, 11) is 0. The van der Waals surface area contributed by atoms with Crippen LogP contribution in [-0.4, -0.2) is 25.0 Å². The molecule has 1 saturated carbocycles. The van der Waals surface area contributed by atoms with Crippen LogP contribution in [-0.2, 0) is 4.79 Å². The van der Waals surface area contributed by atoms with E-state index in [4.69, 9.17) is 0 Å². The molecule has 5 heteroatoms. The second kappa shape index (κ2) is 9.44. The van der Waals surface area contributed by atoms with E-state index in [1.165, 1.54) is 37.7 Å². The van der Waals surface area contributed by atoms with Crippen molar-refractivity contribution in [3.63, 3.8) is 0 Å². The van der Waals surface area contributed by atoms with Crippen LogP contribution in [0.1, 0.15) is 55.2 Å². The molecule has 0 bridgehead atoms. The zero-order valence-electron chi connectivity index (χ0n) is 15.7. The summed E-state index contributed by atoms with van der Waals surface area (Å²) >= 11 is 0. The first kappa shape index (κ1) is 19.3. The Bertz CT molecular complexity index is 584. The van der Waals surface area contributed by atoms with Crippen LogP contribution < -0.4 is 16.0 Å². The van der Waals surface area contributed by atoms with Crippen LogP contribution >= 0.6 is 0 Å². The highest BCUT2D eigenvalue weighted by atomic mass is 16.2. The summed E-state index contributed by atoms with van der Waals surface area (Å²) in [5.74, 6) is 0.632. The number of urea groups is 1. The molecule has 1 aromatic rings. The molecule has 3 N–H and O–H groups in total. The average Bonchev–Trinajstić information content (AvgIpc) is 3.06. The van der Waals surface area contributed by atoms with Gasteiger partial charge >= 0.3 is 6.03 Å². The SMILES string of the molecule is Cc1cc(C)c(NC(=O)CNC(=O)NCCCC2CCCC2)c(C)c1. The molecule has 0 saturated heterocycles. The molecule has 138 valence electrons. The standard InChI is InChI=1S/C20H31N3O2/c1-14-11-15(2)19(16(3)12-14)23-18(24)13-22-20(25)21-10-6-9-17-7-4-5-8-17/h11-12,17H,4-10,13H2,1-3H3,(H,23,24)(H2,21,22,25). The number of amides is 3. The van der Waals surface area contributed by atoms with E-state index < -0.39 is 0 Å². The maximum Gasteiger partial charge on any atom is 0.315 e. The fourth-order valence-electron chi connectivity index (χ4n) is 3.68. The third-order valence-corrected chi connectivity index (χ3v) is 4.90. The van der Waals surface area contributed by atoms with Crippen molar-refractivity contribution in [3.8, 4) is 0 Å². The van der Waals surface area contributed by atoms with E-state index in [0.29, 0.717) is 6.54 Å². The fourth-order valence-corrected chi connectivity index (χ4v) is 3.68. The highest BCUT2D eigenvalue weighted by molar-refractivity contribution is 5.95. The Morgan fingerprint density at radius 2 is 1.68 bits per heavy atom. The average molecular weight is 345 g/mol. The van der Waals surface area contributed by atoms with Gasteiger partial charge < -0.3 is 16.0 Å². The van der Waals surface area contributed by atoms with Crippen LogP contribution in [0.3, 0.4) is 0 Å². The van der Waals surface area contributed by atoms with Gasteiger partial charge in [-0.1, -0.05) is 43.4 Å². The number of hydrogen-bond donors (Lipinski definition) is 3. The van der Waals surface area contributed by atoms with Gasteiger partial charge in [-0.05, 0) is 50.7 Å². The number of rotatable bonds is 7. The predicted molar refractivity (Wildman–Crippen MR) is 102 cm³/mol. The Balaban J connectivity index is 1.64. The van der Waals surface area contributed by atoms with Gasteiger partial charge in [-0.15, -0.1) is 0 Å². The predicted octanol–water partition coefficient (Wildman–Crippen LogP) is 3.82. The molecular weight excluding hydrogens is 314 g/mol. The highest BCUT2D eigenvalue weighted by Crippen LogP contribution is 2.28. The normalized spacial score (nSPS) is 14.4. The Morgan fingerprint density at radius 1 is 1.04 bits per heavy atom. The van der Waals surface area contributed by atoms with Crippen molar-refractivity contribution >= 4 is 17.6 Å². The van der Waals surface area contributed by atoms with Crippen molar-refractivity contribution in [1.82, 2.24) is 10.6 Å². The topological polar surface area (TPSA) is 70.2 Å². The minimum atomic E-state index is -0.279. The summed E-state index contributed by atoms with van der Waals surface area (Å²) in [5, 5.41) is 8.33. The van der Waals surface area contributed by atoms with Crippen molar-refractivity contribution in [3.05, 3.63) is 28.8 Å². The second-order valence-electron chi connectivity index (χ2n) is 7.22. The lowest BCUT2D eigenvalue weighted by Gasteiger charge is -2.13. The third-order valence-electron chi connectivity index (χ3n) is 4.90. The van der Waals surface area contributed by atoms with Gasteiger partial charge in [0.25, 0.3) is 0 Å². The van der Waals surface area contributed by atoms with Gasteiger partial charge in [-0.3, -0.25) is 4.79 Å². The molecule has 0 unspecified atom stereocenters. The Labute approximate surface area is 151 Å². The van der Waals surface area contributed by atoms with Crippen LogP contribution in [0.4, 0.5) is 10.5 Å². The van der Waals surface area contributed by atoms with Gasteiger partial charge in [-0.2, -0.15) is 0 Å². The molecule has 1 aliphatic carbocycles. The number of anilines is 1. The molecule has 5 nitrogen and oxygen atoms in total. The zero-order chi connectivity index (χ0) is 18.2. The van der Waals surface area contributed by atoms with Crippen LogP contribution in [0.2, 0.25) is 0 Å². The van der Waals surface area contributed by atoms with Crippen LogP contribution in [0.25, 0.3) is 0 Å². The Hall–Kier alpha value is -2.04. The smallest absolute Gasteiger partial charge is 0.315 e. The minimum absolute atomic E-state index is 0.0266. The highest BCUT2D eigenvalue weighted by Gasteiger charge is 2.14. The molecule has 1 fully saturated rings. The van der Waals surface area contributed by atoms with Crippen LogP contribution in [0, 0.1) is 26.7 Å². The number of benzene rings is 1. The van der Waals surface area contributed by atoms with E-state index in [1.54, 1.807) is 0 Å². The van der Waals surface area contributed by atoms with E-state index in [1.807, 2.05) is 32.9 Å². The minimum Gasteiger partial charge on any atom is -0.338 e. The van der Waals surface area contributed by atoms with Gasteiger partial charge in [0.15, 0.2) is 0 Å². The molecule has 1 aliphatic rings. The first-order valence-corrected chi connectivity index (χ1v) is 9.35. The first-order chi connectivity index (χ1) is 12.0. The van der Waals surface area contributed by atoms with E-state index in [0.717, 1.165) is 29.2 Å². The molecule has 2 rings (SSSR count). The van der Waals surface area contributed by atoms with E-state index in [9.17, 15) is 9.59 Å². The zero-order valence-corrected chi connectivity index (χ0v) is 15.7. The second-order valence-corrected chi connectivity index (χ2v) is 7.22. The Morgan fingerprint density at radius 3 is 2.32 bits per heavy atom. The number of nitrogens with one attached hydrogen (secondary N) is 3. The molecule has 3 amide bonds. The van der Waals surface area contributed by atoms with E-state index in [2.05, 4.69) is 16.0 Å². The molecular formula is C20H31N3O2. The number of hydrogen-bond acceptors (Lipinski definition) is 2. The van der Waals surface area contributed by atoms with Gasteiger partial charge in [0.05, 0.1) is 6.54 Å². The lowest BCUT2D eigenvalue weighted by molar-refractivity contribution is -0.115. The molecule has 0 aromatic heterocycles. The first-order valence-electron chi connectivity index (χ1n) is 9.35. The van der Waals surface area contributed by atoms with Crippen molar-refractivity contribution in [2.75, 3.05) is 18.4 Å². The summed E-state index contributed by atoms with van der Waals surface area (Å²) in [6.07, 6.45) is 7.58. The molecule has 0 aliphatic heterocycles. The lowest BCUT2D eigenvalue weighted by atomic mass is 10.0. The van der Waals surface area contributed by atoms with Gasteiger partial charge in [0.1, 0.15) is 0 Å². The summed E-state index contributed by atoms with van der Waals surface area (Å²) in [6.45, 7) is 6.62. The molecule has 0 spiro atoms. The molecule has 0 heterocycles. The quantitative estimate of drug-likeness (QED) is 0.658. The molecule has 0 atom stereocenters. The largest absolute Gasteiger partial charge is 0.338 e. The van der Waals surface area contributed by atoms with E-state index >= 15 is 0 Å². The third kappa shape index (κ3) is 6.40. The van der Waals surface area contributed by atoms with Crippen molar-refractivity contribution in [1.29, 1.82) is 0 Å². The fraction of sp³-hybridized carbons (Fsp3) is 0.600. The van der Waals surface area contributed by atoms with Crippen LogP contribution in [0.5, 0.6) is 0 Å². The number of aryl methyl sites for hydroxylation is 3. The van der Waals surface area contributed by atoms with Crippen molar-refractivity contribution in [2.24, 2.45) is 5.92 Å². The maximum atomic E-state index is 12.1. The number of carbonyl (C=O) groups excluding carboxylic acids is 2. The Kier molecular flexibility index (Phi) is 7.29. The summed E-state index contributed by atoms with van der Waals surface area (Å²) in [4.78, 5) is 23.8.